The van der Waals surface area contributed by atoms with Crippen molar-refractivity contribution >= 4 is 55.3 Å². The molecule has 2 bridgehead atoms. The minimum absolute atomic E-state index is 0.111. The number of carboxylic acids is 1. The molecule has 2 heterocycles. The summed E-state index contributed by atoms with van der Waals surface area (Å²) in [6.07, 6.45) is 1.75. The summed E-state index contributed by atoms with van der Waals surface area (Å²) in [7, 11) is -4.52. The molecule has 3 fully saturated rings. The van der Waals surface area contributed by atoms with E-state index < -0.39 is 45.6 Å². The average Bonchev–Trinajstić information content (AvgIpc) is 3.64. The molecule has 3 atom stereocenters. The third kappa shape index (κ3) is 8.63. The van der Waals surface area contributed by atoms with E-state index in [1.54, 1.807) is 18.2 Å². The first-order chi connectivity index (χ1) is 23.0. The third-order valence-corrected chi connectivity index (χ3v) is 11.2. The highest BCUT2D eigenvalue weighted by Gasteiger charge is 2.53. The summed E-state index contributed by atoms with van der Waals surface area (Å²) in [4.78, 5) is 24.1. The highest BCUT2D eigenvalue weighted by Crippen LogP contribution is 2.40. The number of rotatable bonds is 8. The number of nitrogens with two attached hydrogens (primary N) is 1. The first-order valence-electron chi connectivity index (χ1n) is 15.7. The Kier molecular flexibility index (Phi) is 11.1. The Bertz CT molecular complexity index is 1770. The fourth-order valence-electron chi connectivity index (χ4n) is 6.71. The zero-order valence-electron chi connectivity index (χ0n) is 26.0. The molecular weight excluding hydrogens is 788 g/mol. The summed E-state index contributed by atoms with van der Waals surface area (Å²) in [5.74, 6) is -6.78. The lowest BCUT2D eigenvalue weighted by Crippen LogP contribution is -2.60. The van der Waals surface area contributed by atoms with Crippen LogP contribution in [0, 0.1) is 3.57 Å². The van der Waals surface area contributed by atoms with Crippen LogP contribution in [0.15, 0.2) is 65.6 Å². The van der Waals surface area contributed by atoms with Crippen molar-refractivity contribution in [1.29, 1.82) is 0 Å². The monoisotopic (exact) mass is 823 g/mol. The maximum Gasteiger partial charge on any atom is 0.490 e. The van der Waals surface area contributed by atoms with Gasteiger partial charge in [-0.3, -0.25) is 4.79 Å². The lowest BCUT2D eigenvalue weighted by atomic mass is 9.95. The molecule has 2 aliphatic heterocycles. The summed E-state index contributed by atoms with van der Waals surface area (Å²) < 4.78 is 100. The van der Waals surface area contributed by atoms with Gasteiger partial charge in [-0.1, -0.05) is 24.3 Å². The maximum absolute atomic E-state index is 16.2. The van der Waals surface area contributed by atoms with Gasteiger partial charge < -0.3 is 20.5 Å². The smallest absolute Gasteiger partial charge is 0.490 e. The second kappa shape index (κ2) is 14.6. The standard InChI is InChI=1S/C31H34F2IN3O4S.C2HF3O2/c32-31(33,21-7-9-22(34)10-8-21)29(30(38)37-24-11-12-25(37)18-23(35)17-24)36-42(39,40)28-14-6-19-15-27(13-5-20(19)16-28)41-26-3-1-2-4-26;3-2(4,5)1(6)7/h5-10,13-16,23-26,29,36H,1-4,11-12,17-18,35H2;(H,6,7). The molecule has 1 saturated carbocycles. The predicted octanol–water partition coefficient (Wildman–Crippen LogP) is 6.32. The summed E-state index contributed by atoms with van der Waals surface area (Å²) in [5, 5.41) is 8.51. The van der Waals surface area contributed by atoms with E-state index in [-0.39, 0.29) is 29.1 Å². The van der Waals surface area contributed by atoms with Crippen molar-refractivity contribution in [2.75, 3.05) is 0 Å². The number of piperidine rings is 1. The molecule has 6 rings (SSSR count). The van der Waals surface area contributed by atoms with Gasteiger partial charge in [-0.05, 0) is 121 Å². The van der Waals surface area contributed by atoms with Crippen molar-refractivity contribution in [3.8, 4) is 5.75 Å². The molecule has 1 aliphatic carbocycles. The average molecular weight is 824 g/mol. The molecule has 4 N–H and O–H groups in total. The number of carbonyl (C=O) groups is 2. The molecule has 1 amide bonds. The van der Waals surface area contributed by atoms with Gasteiger partial charge in [0.15, 0.2) is 6.04 Å². The number of hydrogen-bond acceptors (Lipinski definition) is 6. The van der Waals surface area contributed by atoms with Crippen LogP contribution in [0.1, 0.15) is 56.9 Å². The van der Waals surface area contributed by atoms with E-state index in [1.165, 1.54) is 41.3 Å². The number of aliphatic carboxylic acids is 1. The quantitative estimate of drug-likeness (QED) is 0.179. The van der Waals surface area contributed by atoms with Crippen LogP contribution in [0.3, 0.4) is 0 Å². The molecular formula is C33H35F5IN3O6S. The minimum Gasteiger partial charge on any atom is -0.490 e. The topological polar surface area (TPSA) is 139 Å². The Balaban J connectivity index is 0.000000606. The summed E-state index contributed by atoms with van der Waals surface area (Å²) in [6, 6.07) is 12.3. The Morgan fingerprint density at radius 2 is 1.45 bits per heavy atom. The molecule has 9 nitrogen and oxygen atoms in total. The van der Waals surface area contributed by atoms with Crippen molar-refractivity contribution in [3.05, 3.63) is 69.8 Å². The number of amides is 1. The number of nitrogens with zero attached hydrogens (tertiary/aromatic N) is 1. The molecule has 3 aromatic rings. The molecule has 0 radical (unpaired) electrons. The van der Waals surface area contributed by atoms with Gasteiger partial charge in [-0.15, -0.1) is 0 Å². The fraction of sp³-hybridized carbons (Fsp3) is 0.455. The normalized spacial score (nSPS) is 22.0. The Morgan fingerprint density at radius 3 is 2.02 bits per heavy atom. The van der Waals surface area contributed by atoms with Gasteiger partial charge in [0.25, 0.3) is 5.92 Å². The van der Waals surface area contributed by atoms with Crippen molar-refractivity contribution in [2.45, 2.75) is 98.6 Å². The van der Waals surface area contributed by atoms with Gasteiger partial charge in [0.2, 0.25) is 15.9 Å². The number of ether oxygens (including phenoxy) is 1. The zero-order valence-corrected chi connectivity index (χ0v) is 29.0. The number of sulfonamides is 1. The number of nitrogens with one attached hydrogen (secondary N) is 1. The maximum atomic E-state index is 16.2. The lowest BCUT2D eigenvalue weighted by Gasteiger charge is -2.41. The number of carbonyl (C=O) groups excluding carboxylic acids is 1. The van der Waals surface area contributed by atoms with Crippen LogP contribution in [-0.4, -0.2) is 66.7 Å². The number of carboxylic acid groups (broad SMARTS) is 1. The van der Waals surface area contributed by atoms with Crippen LogP contribution >= 0.6 is 22.6 Å². The summed E-state index contributed by atoms with van der Waals surface area (Å²) in [5.41, 5.74) is 5.72. The largest absolute Gasteiger partial charge is 0.490 e. The van der Waals surface area contributed by atoms with Crippen molar-refractivity contribution in [2.24, 2.45) is 5.73 Å². The van der Waals surface area contributed by atoms with Crippen LogP contribution in [0.4, 0.5) is 22.0 Å². The molecule has 0 aromatic heterocycles. The molecule has 3 aromatic carbocycles. The van der Waals surface area contributed by atoms with E-state index in [1.807, 2.05) is 28.7 Å². The minimum atomic E-state index is -5.08. The first-order valence-corrected chi connectivity index (χ1v) is 18.3. The number of benzene rings is 3. The van der Waals surface area contributed by atoms with Gasteiger partial charge in [-0.2, -0.15) is 26.7 Å². The second-order valence-corrected chi connectivity index (χ2v) is 15.5. The molecule has 16 heteroatoms. The van der Waals surface area contributed by atoms with E-state index in [0.717, 1.165) is 34.6 Å². The van der Waals surface area contributed by atoms with Crippen LogP contribution in [0.25, 0.3) is 10.8 Å². The fourth-order valence-corrected chi connectivity index (χ4v) is 8.29. The number of alkyl halides is 5. The van der Waals surface area contributed by atoms with Crippen LogP contribution in [0.5, 0.6) is 5.75 Å². The van der Waals surface area contributed by atoms with E-state index in [0.29, 0.717) is 36.8 Å². The molecule has 3 unspecified atom stereocenters. The highest BCUT2D eigenvalue weighted by atomic mass is 127. The molecule has 2 saturated heterocycles. The summed E-state index contributed by atoms with van der Waals surface area (Å²) >= 11 is 2.01. The van der Waals surface area contributed by atoms with Gasteiger partial charge in [0.1, 0.15) is 5.75 Å². The van der Waals surface area contributed by atoms with Gasteiger partial charge >= 0.3 is 12.1 Å². The van der Waals surface area contributed by atoms with E-state index in [4.69, 9.17) is 20.4 Å². The van der Waals surface area contributed by atoms with Crippen LogP contribution in [0.2, 0.25) is 0 Å². The zero-order chi connectivity index (χ0) is 35.7. The predicted molar refractivity (Wildman–Crippen MR) is 179 cm³/mol. The first kappa shape index (κ1) is 37.2. The second-order valence-electron chi connectivity index (χ2n) is 12.5. The van der Waals surface area contributed by atoms with E-state index in [2.05, 4.69) is 4.72 Å². The Hall–Kier alpha value is -3.09. The Labute approximate surface area is 293 Å². The van der Waals surface area contributed by atoms with Crippen molar-refractivity contribution in [1.82, 2.24) is 9.62 Å². The Morgan fingerprint density at radius 1 is 0.898 bits per heavy atom. The number of fused-ring (bicyclic) bond motifs is 3. The number of hydrogen-bond donors (Lipinski definition) is 3. The third-order valence-electron chi connectivity index (χ3n) is 9.08. The van der Waals surface area contributed by atoms with Crippen LogP contribution in [-0.2, 0) is 25.5 Å². The summed E-state index contributed by atoms with van der Waals surface area (Å²) in [6.45, 7) is 0. The van der Waals surface area contributed by atoms with Gasteiger partial charge in [0.05, 0.1) is 11.0 Å². The molecule has 0 spiro atoms. The van der Waals surface area contributed by atoms with Gasteiger partial charge in [0, 0.05) is 27.3 Å². The van der Waals surface area contributed by atoms with E-state index in [9.17, 15) is 26.4 Å². The lowest BCUT2D eigenvalue weighted by molar-refractivity contribution is -0.192. The van der Waals surface area contributed by atoms with Crippen molar-refractivity contribution < 1.29 is 49.8 Å². The van der Waals surface area contributed by atoms with E-state index >= 15 is 8.78 Å². The van der Waals surface area contributed by atoms with Crippen LogP contribution < -0.4 is 15.2 Å². The number of halogens is 6. The molecule has 266 valence electrons. The van der Waals surface area contributed by atoms with Crippen molar-refractivity contribution in [3.63, 3.8) is 0 Å². The molecule has 49 heavy (non-hydrogen) atoms. The SMILES string of the molecule is NC1CC2CCC(C1)N2C(=O)C(NS(=O)(=O)c1ccc2cc(OC3CCCC3)ccc2c1)C(F)(F)c1ccc(I)cc1.O=C(O)C(F)(F)F. The highest BCUT2D eigenvalue weighted by molar-refractivity contribution is 14.1. The van der Waals surface area contributed by atoms with Gasteiger partial charge in [-0.25, -0.2) is 13.2 Å². The molecule has 3 aliphatic rings.